The second-order valence-corrected chi connectivity index (χ2v) is 5.96. The van der Waals surface area contributed by atoms with Crippen molar-refractivity contribution >= 4 is 17.5 Å². The SMILES string of the molecule is CCC(NC(=O)c1ccc(O)c(Cl)c1)C1CCCCC1. The van der Waals surface area contributed by atoms with Gasteiger partial charge in [0.2, 0.25) is 0 Å². The van der Waals surface area contributed by atoms with Gasteiger partial charge in [-0.05, 0) is 43.4 Å². The maximum atomic E-state index is 12.3. The number of carbonyl (C=O) groups excluding carboxylic acids is 1. The summed E-state index contributed by atoms with van der Waals surface area (Å²) < 4.78 is 0. The molecule has 1 atom stereocenters. The van der Waals surface area contributed by atoms with Crippen molar-refractivity contribution in [2.24, 2.45) is 5.92 Å². The van der Waals surface area contributed by atoms with E-state index >= 15 is 0 Å². The van der Waals surface area contributed by atoms with Crippen molar-refractivity contribution in [3.05, 3.63) is 28.8 Å². The van der Waals surface area contributed by atoms with Crippen LogP contribution in [0.2, 0.25) is 5.02 Å². The first kappa shape index (κ1) is 15.2. The topological polar surface area (TPSA) is 49.3 Å². The van der Waals surface area contributed by atoms with E-state index in [0.717, 1.165) is 6.42 Å². The van der Waals surface area contributed by atoms with Crippen LogP contribution in [0.3, 0.4) is 0 Å². The number of hydrogen-bond acceptors (Lipinski definition) is 2. The lowest BCUT2D eigenvalue weighted by Gasteiger charge is -2.30. The van der Waals surface area contributed by atoms with Crippen LogP contribution in [-0.4, -0.2) is 17.1 Å². The Kier molecular flexibility index (Phi) is 5.30. The smallest absolute Gasteiger partial charge is 0.251 e. The van der Waals surface area contributed by atoms with Crippen molar-refractivity contribution < 1.29 is 9.90 Å². The molecule has 0 aliphatic heterocycles. The minimum absolute atomic E-state index is 0.00235. The van der Waals surface area contributed by atoms with Gasteiger partial charge in [-0.2, -0.15) is 0 Å². The van der Waals surface area contributed by atoms with E-state index in [1.165, 1.54) is 44.2 Å². The molecular weight excluding hydrogens is 274 g/mol. The average Bonchev–Trinajstić information content (AvgIpc) is 2.48. The highest BCUT2D eigenvalue weighted by Gasteiger charge is 2.24. The van der Waals surface area contributed by atoms with Gasteiger partial charge in [-0.15, -0.1) is 0 Å². The molecule has 0 spiro atoms. The predicted octanol–water partition coefficient (Wildman–Crippen LogP) is 4.13. The summed E-state index contributed by atoms with van der Waals surface area (Å²) in [4.78, 5) is 12.3. The van der Waals surface area contributed by atoms with Gasteiger partial charge in [0.1, 0.15) is 5.75 Å². The quantitative estimate of drug-likeness (QED) is 0.877. The Morgan fingerprint density at radius 2 is 2.10 bits per heavy atom. The van der Waals surface area contributed by atoms with Gasteiger partial charge in [0, 0.05) is 11.6 Å². The molecule has 1 fully saturated rings. The van der Waals surface area contributed by atoms with Gasteiger partial charge in [0.05, 0.1) is 5.02 Å². The normalized spacial score (nSPS) is 17.7. The second-order valence-electron chi connectivity index (χ2n) is 5.55. The van der Waals surface area contributed by atoms with Gasteiger partial charge < -0.3 is 10.4 Å². The molecule has 1 aromatic rings. The van der Waals surface area contributed by atoms with E-state index in [2.05, 4.69) is 12.2 Å². The van der Waals surface area contributed by atoms with Crippen LogP contribution in [0.25, 0.3) is 0 Å². The number of phenols is 1. The molecule has 110 valence electrons. The third-order valence-electron chi connectivity index (χ3n) is 4.19. The molecule has 20 heavy (non-hydrogen) atoms. The monoisotopic (exact) mass is 295 g/mol. The lowest BCUT2D eigenvalue weighted by atomic mass is 9.83. The van der Waals surface area contributed by atoms with Crippen LogP contribution in [0.5, 0.6) is 5.75 Å². The van der Waals surface area contributed by atoms with Crippen molar-refractivity contribution in [1.82, 2.24) is 5.32 Å². The highest BCUT2D eigenvalue weighted by molar-refractivity contribution is 6.32. The van der Waals surface area contributed by atoms with Gasteiger partial charge in [-0.25, -0.2) is 0 Å². The number of benzene rings is 1. The number of amides is 1. The number of aromatic hydroxyl groups is 1. The number of halogens is 1. The van der Waals surface area contributed by atoms with Crippen LogP contribution in [0.4, 0.5) is 0 Å². The zero-order valence-electron chi connectivity index (χ0n) is 11.9. The van der Waals surface area contributed by atoms with Crippen LogP contribution in [0.1, 0.15) is 55.8 Å². The molecule has 1 saturated carbocycles. The van der Waals surface area contributed by atoms with Crippen molar-refractivity contribution in [3.63, 3.8) is 0 Å². The maximum Gasteiger partial charge on any atom is 0.251 e. The molecule has 0 bridgehead atoms. The number of rotatable bonds is 4. The molecule has 1 aliphatic carbocycles. The molecule has 2 rings (SSSR count). The van der Waals surface area contributed by atoms with Crippen molar-refractivity contribution in [3.8, 4) is 5.75 Å². The van der Waals surface area contributed by atoms with E-state index in [-0.39, 0.29) is 22.7 Å². The summed E-state index contributed by atoms with van der Waals surface area (Å²) in [6.07, 6.45) is 7.20. The molecular formula is C16H22ClNO2. The van der Waals surface area contributed by atoms with E-state index in [1.54, 1.807) is 6.07 Å². The van der Waals surface area contributed by atoms with Gasteiger partial charge in [-0.3, -0.25) is 4.79 Å². The molecule has 4 heteroatoms. The Hall–Kier alpha value is -1.22. The molecule has 3 nitrogen and oxygen atoms in total. The highest BCUT2D eigenvalue weighted by Crippen LogP contribution is 2.28. The number of phenolic OH excluding ortho intramolecular Hbond substituents is 1. The van der Waals surface area contributed by atoms with Crippen LogP contribution in [-0.2, 0) is 0 Å². The first-order chi connectivity index (χ1) is 9.61. The molecule has 2 N–H and O–H groups in total. The van der Waals surface area contributed by atoms with Crippen molar-refractivity contribution in [2.75, 3.05) is 0 Å². The largest absolute Gasteiger partial charge is 0.506 e. The minimum atomic E-state index is -0.107. The molecule has 1 aromatic carbocycles. The molecule has 0 heterocycles. The van der Waals surface area contributed by atoms with Crippen molar-refractivity contribution in [2.45, 2.75) is 51.5 Å². The molecule has 0 radical (unpaired) electrons. The Labute approximate surface area is 125 Å². The van der Waals surface area contributed by atoms with E-state index in [1.807, 2.05) is 0 Å². The van der Waals surface area contributed by atoms with Crippen LogP contribution in [0, 0.1) is 5.92 Å². The Morgan fingerprint density at radius 1 is 1.40 bits per heavy atom. The fraction of sp³-hybridized carbons (Fsp3) is 0.562. The zero-order chi connectivity index (χ0) is 14.5. The number of carbonyl (C=O) groups is 1. The summed E-state index contributed by atoms with van der Waals surface area (Å²) in [7, 11) is 0. The number of hydrogen-bond donors (Lipinski definition) is 2. The van der Waals surface area contributed by atoms with Crippen LogP contribution >= 0.6 is 11.6 Å². The average molecular weight is 296 g/mol. The van der Waals surface area contributed by atoms with Crippen LogP contribution < -0.4 is 5.32 Å². The summed E-state index contributed by atoms with van der Waals surface area (Å²) in [5.41, 5.74) is 0.502. The molecule has 1 amide bonds. The standard InChI is InChI=1S/C16H22ClNO2/c1-2-14(11-6-4-3-5-7-11)18-16(20)12-8-9-15(19)13(17)10-12/h8-11,14,19H,2-7H2,1H3,(H,18,20). The Bertz CT molecular complexity index is 470. The molecule has 0 aromatic heterocycles. The van der Waals surface area contributed by atoms with E-state index in [4.69, 9.17) is 11.6 Å². The first-order valence-electron chi connectivity index (χ1n) is 7.41. The predicted molar refractivity (Wildman–Crippen MR) is 81.2 cm³/mol. The third kappa shape index (κ3) is 3.66. The van der Waals surface area contributed by atoms with Gasteiger partial charge in [-0.1, -0.05) is 37.8 Å². The van der Waals surface area contributed by atoms with Gasteiger partial charge in [0.25, 0.3) is 5.91 Å². The summed E-state index contributed by atoms with van der Waals surface area (Å²) >= 11 is 5.85. The first-order valence-corrected chi connectivity index (χ1v) is 7.79. The van der Waals surface area contributed by atoms with Crippen molar-refractivity contribution in [1.29, 1.82) is 0 Å². The van der Waals surface area contributed by atoms with E-state index in [0.29, 0.717) is 11.5 Å². The fourth-order valence-electron chi connectivity index (χ4n) is 2.99. The molecule has 1 unspecified atom stereocenters. The Morgan fingerprint density at radius 3 is 2.70 bits per heavy atom. The number of nitrogens with one attached hydrogen (secondary N) is 1. The summed E-state index contributed by atoms with van der Waals surface area (Å²) in [5, 5.41) is 12.7. The van der Waals surface area contributed by atoms with Gasteiger partial charge >= 0.3 is 0 Å². The van der Waals surface area contributed by atoms with Crippen LogP contribution in [0.15, 0.2) is 18.2 Å². The molecule has 1 aliphatic rings. The van der Waals surface area contributed by atoms with E-state index in [9.17, 15) is 9.90 Å². The summed E-state index contributed by atoms with van der Waals surface area (Å²) in [5.74, 6) is 0.483. The molecule has 0 saturated heterocycles. The minimum Gasteiger partial charge on any atom is -0.506 e. The fourth-order valence-corrected chi connectivity index (χ4v) is 3.17. The Balaban J connectivity index is 2.02. The summed E-state index contributed by atoms with van der Waals surface area (Å²) in [6, 6.07) is 4.80. The maximum absolute atomic E-state index is 12.3. The lowest BCUT2D eigenvalue weighted by molar-refractivity contribution is 0.0911. The highest BCUT2D eigenvalue weighted by atomic mass is 35.5. The third-order valence-corrected chi connectivity index (χ3v) is 4.49. The lowest BCUT2D eigenvalue weighted by Crippen LogP contribution is -2.40. The summed E-state index contributed by atoms with van der Waals surface area (Å²) in [6.45, 7) is 2.11. The second kappa shape index (κ2) is 6.98. The zero-order valence-corrected chi connectivity index (χ0v) is 12.6. The van der Waals surface area contributed by atoms with Gasteiger partial charge in [0.15, 0.2) is 0 Å². The van der Waals surface area contributed by atoms with E-state index < -0.39 is 0 Å².